The second-order valence-corrected chi connectivity index (χ2v) is 11.2. The summed E-state index contributed by atoms with van der Waals surface area (Å²) < 4.78 is 5.74. The van der Waals surface area contributed by atoms with Crippen molar-refractivity contribution in [3.63, 3.8) is 0 Å². The van der Waals surface area contributed by atoms with Crippen LogP contribution in [0.15, 0.2) is 83.2 Å². The number of hydrogen-bond donors (Lipinski definition) is 2. The van der Waals surface area contributed by atoms with Gasteiger partial charge in [-0.15, -0.1) is 0 Å². The number of carboxylic acids is 1. The minimum atomic E-state index is -0.975. The van der Waals surface area contributed by atoms with E-state index >= 15 is 0 Å². The molecular formula is C34H44N2O4. The summed E-state index contributed by atoms with van der Waals surface area (Å²) in [7, 11) is 0. The fourth-order valence-electron chi connectivity index (χ4n) is 6.52. The fraction of sp³-hybridized carbons (Fsp3) is 0.471. The number of hydrogen-bond acceptors (Lipinski definition) is 5. The number of carbonyl (C=O) groups excluding carboxylic acids is 1. The number of carbonyl (C=O) groups is 2. The number of rotatable bonds is 12. The second kappa shape index (κ2) is 13.8. The van der Waals surface area contributed by atoms with Crippen molar-refractivity contribution in [3.05, 3.63) is 94.3 Å². The minimum Gasteiger partial charge on any atom is -0.478 e. The van der Waals surface area contributed by atoms with Crippen LogP contribution in [0.5, 0.6) is 0 Å². The van der Waals surface area contributed by atoms with Crippen LogP contribution >= 0.6 is 0 Å². The monoisotopic (exact) mass is 544 g/mol. The van der Waals surface area contributed by atoms with Gasteiger partial charge in [0.25, 0.3) is 0 Å². The normalized spacial score (nSPS) is 19.3. The first-order valence-electron chi connectivity index (χ1n) is 14.8. The predicted octanol–water partition coefficient (Wildman–Crippen LogP) is 6.43. The number of allylic oxidation sites excluding steroid dienone is 2. The molecule has 0 radical (unpaired) electrons. The zero-order chi connectivity index (χ0) is 28.5. The highest BCUT2D eigenvalue weighted by Gasteiger charge is 2.38. The summed E-state index contributed by atoms with van der Waals surface area (Å²) in [6.45, 7) is 8.87. The molecule has 1 saturated heterocycles. The van der Waals surface area contributed by atoms with E-state index in [0.717, 1.165) is 58.2 Å². The standard InChI is InChI=1S/C34H44N2O4/c1-4-5-8-18-29-30(32(37)38)25(2)35-26(3)31(29)33(39)40-24-13-21-36-22-19-34(20-23-36,27-14-9-6-10-15-27)28-16-11-7-12-17-28/h6-7,9-12,14-17,29,35H,4-5,8,13,18-24H2,1-3H3,(H,37,38). The minimum absolute atomic E-state index is 0.0176. The molecule has 0 aromatic heterocycles. The first kappa shape index (κ1) is 29.6. The zero-order valence-electron chi connectivity index (χ0n) is 24.2. The number of benzene rings is 2. The molecule has 1 atom stereocenters. The lowest BCUT2D eigenvalue weighted by molar-refractivity contribution is -0.140. The van der Waals surface area contributed by atoms with Gasteiger partial charge in [-0.1, -0.05) is 86.8 Å². The summed E-state index contributed by atoms with van der Waals surface area (Å²) in [4.78, 5) is 27.8. The van der Waals surface area contributed by atoms with Crippen molar-refractivity contribution in [1.82, 2.24) is 10.2 Å². The van der Waals surface area contributed by atoms with Gasteiger partial charge in [0.05, 0.1) is 17.8 Å². The number of piperidine rings is 1. The third-order valence-electron chi connectivity index (χ3n) is 8.64. The van der Waals surface area contributed by atoms with E-state index in [1.165, 1.54) is 11.1 Å². The Morgan fingerprint density at radius 1 is 0.900 bits per heavy atom. The molecule has 6 heteroatoms. The Morgan fingerprint density at radius 3 is 2.02 bits per heavy atom. The number of likely N-dealkylation sites (tertiary alicyclic amines) is 1. The Morgan fingerprint density at radius 2 is 1.48 bits per heavy atom. The number of unbranched alkanes of at least 4 members (excludes halogenated alkanes) is 2. The topological polar surface area (TPSA) is 78.9 Å². The molecule has 6 nitrogen and oxygen atoms in total. The predicted molar refractivity (Wildman–Crippen MR) is 159 cm³/mol. The molecule has 2 aromatic rings. The summed E-state index contributed by atoms with van der Waals surface area (Å²) in [5.41, 5.74) is 4.81. The van der Waals surface area contributed by atoms with Gasteiger partial charge in [-0.05, 0) is 63.7 Å². The van der Waals surface area contributed by atoms with Crippen molar-refractivity contribution in [2.45, 2.75) is 71.1 Å². The van der Waals surface area contributed by atoms with Crippen LogP contribution in [0.4, 0.5) is 0 Å². The highest BCUT2D eigenvalue weighted by atomic mass is 16.5. The van der Waals surface area contributed by atoms with Crippen LogP contribution in [0.25, 0.3) is 0 Å². The van der Waals surface area contributed by atoms with Gasteiger partial charge in [0, 0.05) is 29.3 Å². The zero-order valence-corrected chi connectivity index (χ0v) is 24.2. The van der Waals surface area contributed by atoms with Crippen LogP contribution in [0.1, 0.15) is 76.8 Å². The average Bonchev–Trinajstić information content (AvgIpc) is 2.96. The van der Waals surface area contributed by atoms with E-state index in [2.05, 4.69) is 77.8 Å². The van der Waals surface area contributed by atoms with Crippen LogP contribution in [0.3, 0.4) is 0 Å². The van der Waals surface area contributed by atoms with Gasteiger partial charge >= 0.3 is 11.9 Å². The number of esters is 1. The summed E-state index contributed by atoms with van der Waals surface area (Å²) in [6, 6.07) is 21.7. The average molecular weight is 545 g/mol. The molecule has 0 aliphatic carbocycles. The number of aliphatic carboxylic acids is 1. The molecule has 1 fully saturated rings. The van der Waals surface area contributed by atoms with Gasteiger partial charge in [0.1, 0.15) is 0 Å². The molecule has 1 unspecified atom stereocenters. The van der Waals surface area contributed by atoms with Gasteiger partial charge in [-0.2, -0.15) is 0 Å². The lowest BCUT2D eigenvalue weighted by Gasteiger charge is -2.43. The van der Waals surface area contributed by atoms with Crippen LogP contribution in [0, 0.1) is 5.92 Å². The van der Waals surface area contributed by atoms with E-state index in [9.17, 15) is 14.7 Å². The van der Waals surface area contributed by atoms with E-state index in [1.54, 1.807) is 6.92 Å². The van der Waals surface area contributed by atoms with Gasteiger partial charge < -0.3 is 20.1 Å². The van der Waals surface area contributed by atoms with Crippen molar-refractivity contribution < 1.29 is 19.4 Å². The summed E-state index contributed by atoms with van der Waals surface area (Å²) in [5, 5.41) is 13.0. The number of ether oxygens (including phenoxy) is 1. The van der Waals surface area contributed by atoms with E-state index < -0.39 is 17.9 Å². The van der Waals surface area contributed by atoms with Gasteiger partial charge in [-0.25, -0.2) is 9.59 Å². The van der Waals surface area contributed by atoms with Gasteiger partial charge in [0.15, 0.2) is 0 Å². The summed E-state index contributed by atoms with van der Waals surface area (Å²) in [6.07, 6.45) is 6.38. The number of carboxylic acid groups (broad SMARTS) is 1. The molecule has 40 heavy (non-hydrogen) atoms. The van der Waals surface area contributed by atoms with Crippen LogP contribution < -0.4 is 5.32 Å². The number of nitrogens with one attached hydrogen (secondary N) is 1. The molecular weight excluding hydrogens is 500 g/mol. The number of dihydropyridines is 1. The van der Waals surface area contributed by atoms with E-state index in [0.29, 0.717) is 30.0 Å². The Bertz CT molecular complexity index is 1170. The Balaban J connectivity index is 1.33. The fourth-order valence-corrected chi connectivity index (χ4v) is 6.52. The lowest BCUT2D eigenvalue weighted by atomic mass is 9.68. The Labute approximate surface area is 239 Å². The molecule has 0 saturated carbocycles. The van der Waals surface area contributed by atoms with Crippen LogP contribution in [-0.4, -0.2) is 48.2 Å². The summed E-state index contributed by atoms with van der Waals surface area (Å²) in [5.74, 6) is -1.82. The van der Waals surface area contributed by atoms with Crippen molar-refractivity contribution in [3.8, 4) is 0 Å². The second-order valence-electron chi connectivity index (χ2n) is 11.2. The maximum absolute atomic E-state index is 13.2. The molecule has 0 bridgehead atoms. The molecule has 2 aromatic carbocycles. The SMILES string of the molecule is CCCCCC1C(C(=O)O)=C(C)NC(C)=C1C(=O)OCCCN1CCC(c2ccccc2)(c2ccccc2)CC1. The third kappa shape index (κ3) is 6.67. The highest BCUT2D eigenvalue weighted by molar-refractivity contribution is 5.97. The van der Waals surface area contributed by atoms with E-state index in [4.69, 9.17) is 4.74 Å². The molecule has 2 N–H and O–H groups in total. The molecule has 214 valence electrons. The van der Waals surface area contributed by atoms with Crippen molar-refractivity contribution in [2.75, 3.05) is 26.2 Å². The quantitative estimate of drug-likeness (QED) is 0.237. The molecule has 4 rings (SSSR count). The maximum atomic E-state index is 13.2. The molecule has 2 aliphatic rings. The van der Waals surface area contributed by atoms with Crippen LogP contribution in [-0.2, 0) is 19.7 Å². The first-order chi connectivity index (χ1) is 19.4. The Kier molecular flexibility index (Phi) is 10.2. The third-order valence-corrected chi connectivity index (χ3v) is 8.64. The van der Waals surface area contributed by atoms with E-state index in [-0.39, 0.29) is 11.0 Å². The summed E-state index contributed by atoms with van der Waals surface area (Å²) >= 11 is 0. The lowest BCUT2D eigenvalue weighted by Crippen LogP contribution is -2.43. The molecule has 0 spiro atoms. The van der Waals surface area contributed by atoms with Crippen LogP contribution in [0.2, 0.25) is 0 Å². The van der Waals surface area contributed by atoms with Gasteiger partial charge in [-0.3, -0.25) is 0 Å². The van der Waals surface area contributed by atoms with Crippen molar-refractivity contribution in [2.24, 2.45) is 5.92 Å². The van der Waals surface area contributed by atoms with Crippen molar-refractivity contribution >= 4 is 11.9 Å². The number of nitrogens with zero attached hydrogens (tertiary/aromatic N) is 1. The molecule has 0 amide bonds. The Hall–Kier alpha value is -3.38. The highest BCUT2D eigenvalue weighted by Crippen LogP contribution is 2.41. The van der Waals surface area contributed by atoms with Gasteiger partial charge in [0.2, 0.25) is 0 Å². The smallest absolute Gasteiger partial charge is 0.336 e. The molecule has 2 heterocycles. The largest absolute Gasteiger partial charge is 0.478 e. The van der Waals surface area contributed by atoms with Crippen molar-refractivity contribution in [1.29, 1.82) is 0 Å². The van der Waals surface area contributed by atoms with E-state index in [1.807, 2.05) is 6.92 Å². The molecule has 2 aliphatic heterocycles. The first-order valence-corrected chi connectivity index (χ1v) is 14.8. The maximum Gasteiger partial charge on any atom is 0.336 e.